The van der Waals surface area contributed by atoms with Crippen LogP contribution in [-0.4, -0.2) is 40.2 Å². The van der Waals surface area contributed by atoms with E-state index in [1.807, 2.05) is 12.1 Å². The largest absolute Gasteiger partial charge is 0.371 e. The molecule has 0 aliphatic carbocycles. The summed E-state index contributed by atoms with van der Waals surface area (Å²) < 4.78 is 51.8. The molecule has 1 aliphatic rings. The van der Waals surface area contributed by atoms with Gasteiger partial charge in [0.25, 0.3) is 0 Å². The topological polar surface area (TPSA) is 69.7 Å². The van der Waals surface area contributed by atoms with Crippen molar-refractivity contribution < 1.29 is 22.0 Å². The van der Waals surface area contributed by atoms with Gasteiger partial charge in [0.2, 0.25) is 15.9 Å². The Labute approximate surface area is 194 Å². The number of benzene rings is 2. The lowest BCUT2D eigenvalue weighted by molar-refractivity contribution is -0.121. The molecule has 1 saturated heterocycles. The van der Waals surface area contributed by atoms with Crippen LogP contribution in [0.5, 0.6) is 0 Å². The molecule has 1 N–H and O–H groups in total. The fourth-order valence-corrected chi connectivity index (χ4v) is 5.00. The Morgan fingerprint density at radius 3 is 2.52 bits per heavy atom. The molecule has 0 spiro atoms. The van der Waals surface area contributed by atoms with Gasteiger partial charge in [0.15, 0.2) is 11.6 Å². The summed E-state index contributed by atoms with van der Waals surface area (Å²) in [6.45, 7) is 4.76. The van der Waals surface area contributed by atoms with Gasteiger partial charge in [0.1, 0.15) is 0 Å². The van der Waals surface area contributed by atoms with Gasteiger partial charge in [0, 0.05) is 44.4 Å². The maximum atomic E-state index is 13.5. The molecule has 1 atom stereocenters. The highest BCUT2D eigenvalue weighted by Gasteiger charge is 2.19. The van der Waals surface area contributed by atoms with Crippen molar-refractivity contribution in [1.29, 1.82) is 0 Å². The number of rotatable bonds is 9. The molecule has 0 bridgehead atoms. The van der Waals surface area contributed by atoms with Crippen LogP contribution in [0.1, 0.15) is 38.2 Å². The zero-order valence-corrected chi connectivity index (χ0v) is 19.9. The molecule has 0 aromatic heterocycles. The van der Waals surface area contributed by atoms with E-state index in [4.69, 9.17) is 0 Å². The van der Waals surface area contributed by atoms with Crippen LogP contribution < -0.4 is 14.5 Å². The summed E-state index contributed by atoms with van der Waals surface area (Å²) in [5.41, 5.74) is 2.20. The summed E-state index contributed by atoms with van der Waals surface area (Å²) in [7, 11) is -3.71. The molecular formula is C24H31F2N3O3S. The maximum Gasteiger partial charge on any atom is 0.232 e. The minimum absolute atomic E-state index is 0.0136. The Morgan fingerprint density at radius 2 is 1.88 bits per heavy atom. The van der Waals surface area contributed by atoms with Gasteiger partial charge in [-0.3, -0.25) is 9.10 Å². The molecular weight excluding hydrogens is 448 g/mol. The van der Waals surface area contributed by atoms with Gasteiger partial charge in [-0.2, -0.15) is 0 Å². The summed E-state index contributed by atoms with van der Waals surface area (Å²) in [6.07, 6.45) is 3.81. The first-order valence-corrected chi connectivity index (χ1v) is 13.0. The normalized spacial score (nSPS) is 16.5. The van der Waals surface area contributed by atoms with E-state index in [0.717, 1.165) is 41.3 Å². The van der Waals surface area contributed by atoms with E-state index in [9.17, 15) is 22.0 Å². The highest BCUT2D eigenvalue weighted by atomic mass is 32.2. The van der Waals surface area contributed by atoms with Crippen molar-refractivity contribution in [3.8, 4) is 0 Å². The van der Waals surface area contributed by atoms with Gasteiger partial charge >= 0.3 is 0 Å². The van der Waals surface area contributed by atoms with Crippen LogP contribution in [0.25, 0.3) is 0 Å². The first-order valence-electron chi connectivity index (χ1n) is 11.2. The second kappa shape index (κ2) is 11.0. The molecule has 1 amide bonds. The van der Waals surface area contributed by atoms with Crippen LogP contribution in [0.4, 0.5) is 20.2 Å². The molecule has 33 heavy (non-hydrogen) atoms. The monoisotopic (exact) mass is 479 g/mol. The summed E-state index contributed by atoms with van der Waals surface area (Å²) >= 11 is 0. The molecule has 180 valence electrons. The third-order valence-electron chi connectivity index (χ3n) is 5.80. The molecule has 0 saturated carbocycles. The van der Waals surface area contributed by atoms with Crippen molar-refractivity contribution in [2.75, 3.05) is 35.1 Å². The highest BCUT2D eigenvalue weighted by Crippen LogP contribution is 2.23. The summed E-state index contributed by atoms with van der Waals surface area (Å²) in [5.74, 6) is -1.69. The second-order valence-electron chi connectivity index (χ2n) is 8.67. The molecule has 0 radical (unpaired) electrons. The number of hydrogen-bond donors (Lipinski definition) is 1. The van der Waals surface area contributed by atoms with E-state index in [1.54, 1.807) is 0 Å². The number of anilines is 2. The number of amides is 1. The van der Waals surface area contributed by atoms with Crippen LogP contribution >= 0.6 is 0 Å². The predicted octanol–water partition coefficient (Wildman–Crippen LogP) is 4.06. The third kappa shape index (κ3) is 7.15. The summed E-state index contributed by atoms with van der Waals surface area (Å²) in [5, 5.41) is 2.84. The van der Waals surface area contributed by atoms with Gasteiger partial charge in [-0.1, -0.05) is 19.1 Å². The van der Waals surface area contributed by atoms with E-state index >= 15 is 0 Å². The number of carbonyl (C=O) groups excluding carboxylic acids is 1. The van der Waals surface area contributed by atoms with Gasteiger partial charge in [0.05, 0.1) is 11.9 Å². The quantitative estimate of drug-likeness (QED) is 0.589. The van der Waals surface area contributed by atoms with E-state index in [2.05, 4.69) is 29.3 Å². The molecule has 2 aromatic carbocycles. The minimum atomic E-state index is -3.71. The van der Waals surface area contributed by atoms with E-state index in [-0.39, 0.29) is 31.0 Å². The fraction of sp³-hybridized carbons (Fsp3) is 0.458. The van der Waals surface area contributed by atoms with Crippen LogP contribution in [0.15, 0.2) is 42.5 Å². The molecule has 1 aliphatic heterocycles. The lowest BCUT2D eigenvalue weighted by Gasteiger charge is -2.32. The average Bonchev–Trinajstić information content (AvgIpc) is 2.77. The average molecular weight is 480 g/mol. The highest BCUT2D eigenvalue weighted by molar-refractivity contribution is 7.92. The fourth-order valence-electron chi connectivity index (χ4n) is 4.05. The molecule has 9 heteroatoms. The van der Waals surface area contributed by atoms with E-state index in [1.165, 1.54) is 24.6 Å². The Bertz CT molecular complexity index is 1060. The Kier molecular flexibility index (Phi) is 8.29. The number of carbonyl (C=O) groups is 1. The first-order chi connectivity index (χ1) is 15.6. The Hall–Kier alpha value is -2.68. The van der Waals surface area contributed by atoms with Crippen molar-refractivity contribution in [1.82, 2.24) is 5.32 Å². The number of piperidine rings is 1. The van der Waals surface area contributed by atoms with Crippen molar-refractivity contribution in [2.24, 2.45) is 5.92 Å². The number of sulfonamides is 1. The number of halogens is 2. The predicted molar refractivity (Wildman–Crippen MR) is 127 cm³/mol. The lowest BCUT2D eigenvalue weighted by Crippen LogP contribution is -2.34. The van der Waals surface area contributed by atoms with Crippen molar-refractivity contribution in [3.05, 3.63) is 59.7 Å². The molecule has 6 nitrogen and oxygen atoms in total. The van der Waals surface area contributed by atoms with Crippen LogP contribution in [-0.2, 0) is 21.4 Å². The van der Waals surface area contributed by atoms with E-state index < -0.39 is 21.7 Å². The second-order valence-corrected chi connectivity index (χ2v) is 10.6. The van der Waals surface area contributed by atoms with Gasteiger partial charge in [-0.25, -0.2) is 17.2 Å². The van der Waals surface area contributed by atoms with Gasteiger partial charge in [-0.15, -0.1) is 0 Å². The van der Waals surface area contributed by atoms with Gasteiger partial charge in [-0.05, 0) is 55.0 Å². The Morgan fingerprint density at radius 1 is 1.15 bits per heavy atom. The third-order valence-corrected chi connectivity index (χ3v) is 7.00. The zero-order chi connectivity index (χ0) is 24.0. The minimum Gasteiger partial charge on any atom is -0.371 e. The van der Waals surface area contributed by atoms with Gasteiger partial charge < -0.3 is 10.2 Å². The zero-order valence-electron chi connectivity index (χ0n) is 19.1. The summed E-state index contributed by atoms with van der Waals surface area (Å²) in [4.78, 5) is 14.6. The smallest absolute Gasteiger partial charge is 0.232 e. The van der Waals surface area contributed by atoms with Crippen molar-refractivity contribution in [2.45, 2.75) is 39.2 Å². The molecule has 1 heterocycles. The van der Waals surface area contributed by atoms with Crippen LogP contribution in [0, 0.1) is 17.6 Å². The molecule has 2 aromatic rings. The SMILES string of the molecule is C[C@@H]1CCCN(c2ccc(CNC(=O)CCCN(c3ccc(F)c(F)c3)S(C)(=O)=O)cc2)C1. The van der Waals surface area contributed by atoms with Crippen LogP contribution in [0.3, 0.4) is 0 Å². The maximum absolute atomic E-state index is 13.5. The summed E-state index contributed by atoms with van der Waals surface area (Å²) in [6, 6.07) is 11.1. The number of hydrogen-bond acceptors (Lipinski definition) is 4. The molecule has 3 rings (SSSR count). The van der Waals surface area contributed by atoms with Crippen molar-refractivity contribution in [3.63, 3.8) is 0 Å². The lowest BCUT2D eigenvalue weighted by atomic mass is 9.99. The molecule has 1 fully saturated rings. The van der Waals surface area contributed by atoms with Crippen LogP contribution in [0.2, 0.25) is 0 Å². The number of nitrogens with zero attached hydrogens (tertiary/aromatic N) is 2. The number of nitrogens with one attached hydrogen (secondary N) is 1. The first kappa shape index (κ1) is 25.0. The van der Waals surface area contributed by atoms with E-state index in [0.29, 0.717) is 12.5 Å². The van der Waals surface area contributed by atoms with Crippen molar-refractivity contribution >= 4 is 27.3 Å². The molecule has 0 unspecified atom stereocenters. The standard InChI is InChI=1S/C24H31F2N3O3S/c1-18-5-3-13-28(17-18)20-9-7-19(8-10-20)16-27-24(30)6-4-14-29(33(2,31)32)21-11-12-22(25)23(26)15-21/h7-12,15,18H,3-6,13-14,16-17H2,1-2H3,(H,27,30)/t18-/m1/s1. The Balaban J connectivity index is 1.48.